The first-order valence-electron chi connectivity index (χ1n) is 29.0. The summed E-state index contributed by atoms with van der Waals surface area (Å²) in [6.07, 6.45) is 0. The van der Waals surface area contributed by atoms with Crippen LogP contribution in [0, 0.1) is 10.1 Å². The molecule has 13 aromatic carbocycles. The molecule has 0 amide bonds. The molecule has 18 rings (SSSR count). The highest BCUT2D eigenvalue weighted by molar-refractivity contribution is 7.79. The highest BCUT2D eigenvalue weighted by Gasteiger charge is 2.21. The lowest BCUT2D eigenvalue weighted by Crippen LogP contribution is -2.20. The highest BCUT2D eigenvalue weighted by Crippen LogP contribution is 2.41. The van der Waals surface area contributed by atoms with Gasteiger partial charge in [0.1, 0.15) is 16.7 Å². The predicted molar refractivity (Wildman–Crippen MR) is 363 cm³/mol. The number of aromatic nitrogens is 3. The molecule has 18 aromatic rings. The van der Waals surface area contributed by atoms with Crippen LogP contribution in [0.15, 0.2) is 312 Å². The minimum absolute atomic E-state index is 0.0802. The molecule has 1 N–H and O–H groups in total. The average molecular weight is 1140 g/mol. The fraction of sp³-hybridized carbons (Fsp3) is 0. The maximum Gasteiger partial charge on any atom is 0.277 e. The van der Waals surface area contributed by atoms with Crippen molar-refractivity contribution in [2.24, 2.45) is 0 Å². The molecule has 0 radical (unpaired) electrons. The molecular formula is C78H51N4O4P. The van der Waals surface area contributed by atoms with Crippen molar-refractivity contribution in [1.82, 2.24) is 14.1 Å². The second kappa shape index (κ2) is 21.4. The number of rotatable bonds is 7. The SMILES string of the molecule is O=[N+]([O-])c1ccccc1-c1ccc2c(c1)oc1cc(-n3c4ccccc4c4ccccc43)ccc12.c1ccc(P(c2ccccc2)c2ccccc2)cc1.c1ccc2c(c1)[nH]c1c2ccc2c3ccc(-n4c5ccccc5c5ccccc54)cc3oc21. The normalized spacial score (nSPS) is 11.6. The lowest BCUT2D eigenvalue weighted by atomic mass is 10.0. The van der Waals surface area contributed by atoms with Gasteiger partial charge in [0.2, 0.25) is 0 Å². The Morgan fingerprint density at radius 2 is 0.736 bits per heavy atom. The topological polar surface area (TPSA) is 95.1 Å². The fourth-order valence-corrected chi connectivity index (χ4v) is 15.1. The second-order valence-electron chi connectivity index (χ2n) is 21.7. The highest BCUT2D eigenvalue weighted by atomic mass is 31.1. The molecule has 412 valence electrons. The molecule has 0 saturated carbocycles. The van der Waals surface area contributed by atoms with Crippen molar-refractivity contribution in [2.45, 2.75) is 0 Å². The van der Waals surface area contributed by atoms with Crippen LogP contribution in [0.4, 0.5) is 5.69 Å². The first-order chi connectivity index (χ1) is 43.0. The summed E-state index contributed by atoms with van der Waals surface area (Å²) in [5.41, 5.74) is 13.7. The van der Waals surface area contributed by atoms with Crippen LogP contribution in [0.25, 0.3) is 132 Å². The molecule has 87 heavy (non-hydrogen) atoms. The third kappa shape index (κ3) is 8.89. The van der Waals surface area contributed by atoms with Crippen molar-refractivity contribution in [3.05, 3.63) is 313 Å². The summed E-state index contributed by atoms with van der Waals surface area (Å²) < 4.78 is 17.4. The van der Waals surface area contributed by atoms with E-state index in [0.717, 1.165) is 77.3 Å². The van der Waals surface area contributed by atoms with Gasteiger partial charge in [-0.25, -0.2) is 0 Å². The summed E-state index contributed by atoms with van der Waals surface area (Å²) in [7, 11) is -0.446. The number of nitro groups is 1. The van der Waals surface area contributed by atoms with Gasteiger partial charge >= 0.3 is 0 Å². The molecule has 0 aliphatic carbocycles. The van der Waals surface area contributed by atoms with E-state index in [9.17, 15) is 10.1 Å². The number of hydrogen-bond acceptors (Lipinski definition) is 4. The van der Waals surface area contributed by atoms with E-state index in [1.807, 2.05) is 24.3 Å². The van der Waals surface area contributed by atoms with Crippen LogP contribution in [0.3, 0.4) is 0 Å². The molecule has 0 fully saturated rings. The number of benzene rings is 13. The maximum absolute atomic E-state index is 11.5. The summed E-state index contributed by atoms with van der Waals surface area (Å²) in [5, 5.41) is 27.3. The number of fused-ring (bicyclic) bond motifs is 16. The van der Waals surface area contributed by atoms with Gasteiger partial charge in [-0.3, -0.25) is 10.1 Å². The van der Waals surface area contributed by atoms with Crippen molar-refractivity contribution in [3.8, 4) is 22.5 Å². The van der Waals surface area contributed by atoms with Gasteiger partial charge in [-0.15, -0.1) is 0 Å². The standard InChI is InChI=1S/C30H18N2O3.C30H18N2O.C18H15P/c33-32(34)28-12-6-1-7-21(28)19-13-15-24-25-16-14-20(18-30(25)35-29(24)17-19)31-26-10-4-2-8-22(26)23-9-3-5-11-27(23)31;1-4-10-25-19(7-1)23-15-16-24-22-14-13-18(17-28(22)33-30(24)29(23)31-25)32-26-11-5-2-8-20(26)21-9-3-6-12-27(21)32;1-4-10-16(11-5-1)19(17-12-6-2-7-13-17)18-14-8-3-9-15-18/h1-18H;1-17,31H;1-15H. The number of nitrogens with one attached hydrogen (secondary N) is 1. The summed E-state index contributed by atoms with van der Waals surface area (Å²) in [6, 6.07) is 105. The zero-order chi connectivity index (χ0) is 58.0. The lowest BCUT2D eigenvalue weighted by molar-refractivity contribution is -0.384. The molecule has 0 aliphatic rings. The number of nitro benzene ring substituents is 1. The minimum Gasteiger partial charge on any atom is -0.456 e. The van der Waals surface area contributed by atoms with Gasteiger partial charge in [-0.05, 0) is 108 Å². The molecule has 0 unspecified atom stereocenters. The first-order valence-corrected chi connectivity index (χ1v) is 30.3. The van der Waals surface area contributed by atoms with Crippen molar-refractivity contribution in [2.75, 3.05) is 0 Å². The quantitative estimate of drug-likeness (QED) is 0.0977. The molecule has 5 heterocycles. The van der Waals surface area contributed by atoms with E-state index in [-0.39, 0.29) is 10.6 Å². The molecule has 0 aliphatic heterocycles. The largest absolute Gasteiger partial charge is 0.456 e. The molecule has 9 heteroatoms. The van der Waals surface area contributed by atoms with Crippen LogP contribution < -0.4 is 15.9 Å². The number of nitrogens with zero attached hydrogens (tertiary/aromatic N) is 3. The Bertz CT molecular complexity index is 5440. The number of aromatic amines is 1. The third-order valence-electron chi connectivity index (χ3n) is 16.7. The lowest BCUT2D eigenvalue weighted by Gasteiger charge is -2.18. The second-order valence-corrected chi connectivity index (χ2v) is 23.9. The van der Waals surface area contributed by atoms with Gasteiger partial charge in [-0.1, -0.05) is 206 Å². The molecule has 5 aromatic heterocycles. The van der Waals surface area contributed by atoms with Gasteiger partial charge in [0.05, 0.1) is 38.1 Å². The van der Waals surface area contributed by atoms with Gasteiger partial charge in [0, 0.05) is 89.0 Å². The van der Waals surface area contributed by atoms with Gasteiger partial charge in [-0.2, -0.15) is 0 Å². The number of hydrogen-bond donors (Lipinski definition) is 1. The maximum atomic E-state index is 11.5. The Labute approximate surface area is 499 Å². The number of para-hydroxylation sites is 6. The molecule has 8 nitrogen and oxygen atoms in total. The zero-order valence-electron chi connectivity index (χ0n) is 46.8. The Kier molecular flexibility index (Phi) is 12.6. The summed E-state index contributed by atoms with van der Waals surface area (Å²) >= 11 is 0. The van der Waals surface area contributed by atoms with Crippen LogP contribution in [-0.2, 0) is 0 Å². The fourth-order valence-electron chi connectivity index (χ4n) is 12.8. The van der Waals surface area contributed by atoms with Gasteiger partial charge in [0.25, 0.3) is 5.69 Å². The molecule has 0 saturated heterocycles. The Balaban J connectivity index is 0.000000110. The number of furan rings is 2. The van der Waals surface area contributed by atoms with Gasteiger partial charge in [0.15, 0.2) is 5.58 Å². The molecular weight excluding hydrogens is 1090 g/mol. The van der Waals surface area contributed by atoms with Crippen LogP contribution >= 0.6 is 7.92 Å². The monoisotopic (exact) mass is 1140 g/mol. The summed E-state index contributed by atoms with van der Waals surface area (Å²) in [4.78, 5) is 14.7. The molecule has 0 bridgehead atoms. The van der Waals surface area contributed by atoms with Crippen LogP contribution in [0.2, 0.25) is 0 Å². The van der Waals surface area contributed by atoms with Crippen molar-refractivity contribution in [1.29, 1.82) is 0 Å². The van der Waals surface area contributed by atoms with E-state index < -0.39 is 7.92 Å². The Hall–Kier alpha value is -11.3. The first kappa shape index (κ1) is 51.3. The Morgan fingerprint density at radius 1 is 0.345 bits per heavy atom. The van der Waals surface area contributed by atoms with Crippen molar-refractivity contribution in [3.63, 3.8) is 0 Å². The van der Waals surface area contributed by atoms with Crippen molar-refractivity contribution >= 4 is 139 Å². The molecule has 0 spiro atoms. The third-order valence-corrected chi connectivity index (χ3v) is 19.1. The van der Waals surface area contributed by atoms with E-state index in [1.54, 1.807) is 12.1 Å². The smallest absolute Gasteiger partial charge is 0.277 e. The van der Waals surface area contributed by atoms with Crippen LogP contribution in [-0.4, -0.2) is 19.0 Å². The zero-order valence-corrected chi connectivity index (χ0v) is 47.7. The van der Waals surface area contributed by atoms with Crippen LogP contribution in [0.1, 0.15) is 0 Å². The van der Waals surface area contributed by atoms with E-state index >= 15 is 0 Å². The van der Waals surface area contributed by atoms with Crippen molar-refractivity contribution < 1.29 is 13.8 Å². The average Bonchev–Trinajstić information content (AvgIpc) is 1.93. The summed E-state index contributed by atoms with van der Waals surface area (Å²) in [6.45, 7) is 0. The van der Waals surface area contributed by atoms with Crippen LogP contribution in [0.5, 0.6) is 0 Å². The van der Waals surface area contributed by atoms with E-state index in [1.165, 1.54) is 65.3 Å². The van der Waals surface area contributed by atoms with E-state index in [4.69, 9.17) is 8.83 Å². The molecule has 0 atom stereocenters. The summed E-state index contributed by atoms with van der Waals surface area (Å²) in [5.74, 6) is 0. The van der Waals surface area contributed by atoms with Gasteiger partial charge < -0.3 is 23.0 Å². The predicted octanol–water partition coefficient (Wildman–Crippen LogP) is 20.0. The van der Waals surface area contributed by atoms with E-state index in [0.29, 0.717) is 11.1 Å². The Morgan fingerprint density at radius 3 is 1.25 bits per heavy atom. The van der Waals surface area contributed by atoms with E-state index in [2.05, 4.69) is 275 Å². The number of H-pyrrole nitrogens is 1. The minimum atomic E-state index is -0.446.